The van der Waals surface area contributed by atoms with Gasteiger partial charge in [-0.3, -0.25) is 4.79 Å². The Hall–Kier alpha value is -2.20. The molecule has 1 amide bonds. The predicted octanol–water partition coefficient (Wildman–Crippen LogP) is 2.33. The van der Waals surface area contributed by atoms with Gasteiger partial charge in [-0.1, -0.05) is 42.5 Å². The summed E-state index contributed by atoms with van der Waals surface area (Å²) >= 11 is 0. The van der Waals surface area contributed by atoms with Gasteiger partial charge in [0.15, 0.2) is 0 Å². The number of para-hydroxylation sites is 1. The van der Waals surface area contributed by atoms with Crippen LogP contribution in [0.3, 0.4) is 0 Å². The van der Waals surface area contributed by atoms with E-state index in [0.717, 1.165) is 5.56 Å². The molecule has 0 bridgehead atoms. The number of carbonyl (C=O) groups is 1. The van der Waals surface area contributed by atoms with Gasteiger partial charge in [0.1, 0.15) is 5.82 Å². The molecule has 0 aliphatic rings. The molecule has 0 spiro atoms. The fourth-order valence-electron chi connectivity index (χ4n) is 1.75. The smallest absolute Gasteiger partial charge is 0.241 e. The van der Waals surface area contributed by atoms with E-state index in [4.69, 9.17) is 5.73 Å². The fourth-order valence-corrected chi connectivity index (χ4v) is 1.75. The first kappa shape index (κ1) is 13.2. The van der Waals surface area contributed by atoms with Crippen molar-refractivity contribution in [3.63, 3.8) is 0 Å². The molecule has 0 saturated heterocycles. The minimum atomic E-state index is -0.706. The molecule has 3 N–H and O–H groups in total. The first-order valence-electron chi connectivity index (χ1n) is 6.01. The van der Waals surface area contributed by atoms with Crippen LogP contribution in [-0.2, 0) is 11.2 Å². The third kappa shape index (κ3) is 3.63. The highest BCUT2D eigenvalue weighted by Gasteiger charge is 2.15. The van der Waals surface area contributed by atoms with Gasteiger partial charge in [-0.2, -0.15) is 0 Å². The van der Waals surface area contributed by atoms with Gasteiger partial charge in [-0.05, 0) is 24.1 Å². The molecule has 0 radical (unpaired) electrons. The number of hydrogen-bond acceptors (Lipinski definition) is 2. The van der Waals surface area contributed by atoms with Crippen LogP contribution in [0.1, 0.15) is 5.56 Å². The largest absolute Gasteiger partial charge is 0.322 e. The number of carbonyl (C=O) groups excluding carboxylic acids is 1. The molecule has 2 aromatic carbocycles. The van der Waals surface area contributed by atoms with Crippen LogP contribution in [0.4, 0.5) is 10.1 Å². The maximum atomic E-state index is 13.4. The zero-order chi connectivity index (χ0) is 13.7. The van der Waals surface area contributed by atoms with Crippen LogP contribution >= 0.6 is 0 Å². The topological polar surface area (TPSA) is 55.1 Å². The highest BCUT2D eigenvalue weighted by molar-refractivity contribution is 5.94. The lowest BCUT2D eigenvalue weighted by molar-refractivity contribution is -0.117. The summed E-state index contributed by atoms with van der Waals surface area (Å²) < 4.78 is 13.4. The molecule has 0 fully saturated rings. The number of nitrogens with two attached hydrogens (primary N) is 1. The van der Waals surface area contributed by atoms with Gasteiger partial charge in [0, 0.05) is 0 Å². The van der Waals surface area contributed by atoms with Gasteiger partial charge in [0.2, 0.25) is 5.91 Å². The Labute approximate surface area is 111 Å². The number of amides is 1. The molecule has 0 aliphatic carbocycles. The SMILES string of the molecule is NC(Cc1ccccc1)C(=O)Nc1ccccc1F. The second kappa shape index (κ2) is 6.11. The molecule has 1 atom stereocenters. The van der Waals surface area contributed by atoms with Crippen LogP contribution in [0.25, 0.3) is 0 Å². The second-order valence-electron chi connectivity index (χ2n) is 4.27. The van der Waals surface area contributed by atoms with Crippen LogP contribution in [0.5, 0.6) is 0 Å². The van der Waals surface area contributed by atoms with Gasteiger partial charge in [-0.15, -0.1) is 0 Å². The Bertz CT molecular complexity index is 557. The van der Waals surface area contributed by atoms with Gasteiger partial charge in [-0.25, -0.2) is 4.39 Å². The van der Waals surface area contributed by atoms with Crippen molar-refractivity contribution >= 4 is 11.6 Å². The highest BCUT2D eigenvalue weighted by Crippen LogP contribution is 2.13. The molecule has 19 heavy (non-hydrogen) atoms. The van der Waals surface area contributed by atoms with Gasteiger partial charge in [0.05, 0.1) is 11.7 Å². The Morgan fingerprint density at radius 3 is 2.42 bits per heavy atom. The van der Waals surface area contributed by atoms with E-state index in [1.807, 2.05) is 30.3 Å². The van der Waals surface area contributed by atoms with Crippen LogP contribution in [0.2, 0.25) is 0 Å². The van der Waals surface area contributed by atoms with E-state index >= 15 is 0 Å². The molecule has 1 unspecified atom stereocenters. The summed E-state index contributed by atoms with van der Waals surface area (Å²) in [4.78, 5) is 11.9. The van der Waals surface area contributed by atoms with E-state index in [1.54, 1.807) is 12.1 Å². The molecule has 2 aromatic rings. The normalized spacial score (nSPS) is 11.9. The van der Waals surface area contributed by atoms with Crippen LogP contribution < -0.4 is 11.1 Å². The Morgan fingerprint density at radius 1 is 1.11 bits per heavy atom. The van der Waals surface area contributed by atoms with Crippen LogP contribution in [0, 0.1) is 5.82 Å². The number of halogens is 1. The third-order valence-electron chi connectivity index (χ3n) is 2.77. The average Bonchev–Trinajstić information content (AvgIpc) is 2.42. The van der Waals surface area contributed by atoms with Crippen molar-refractivity contribution < 1.29 is 9.18 Å². The Kier molecular flexibility index (Phi) is 4.26. The monoisotopic (exact) mass is 258 g/mol. The van der Waals surface area contributed by atoms with E-state index in [2.05, 4.69) is 5.32 Å². The predicted molar refractivity (Wildman–Crippen MR) is 73.2 cm³/mol. The molecule has 98 valence electrons. The third-order valence-corrected chi connectivity index (χ3v) is 2.77. The van der Waals surface area contributed by atoms with E-state index in [1.165, 1.54) is 12.1 Å². The lowest BCUT2D eigenvalue weighted by Crippen LogP contribution is -2.37. The molecule has 0 aliphatic heterocycles. The van der Waals surface area contributed by atoms with Crippen LogP contribution in [0.15, 0.2) is 54.6 Å². The summed E-state index contributed by atoms with van der Waals surface area (Å²) in [5.41, 5.74) is 6.93. The molecular formula is C15H15FN2O. The molecule has 4 heteroatoms. The lowest BCUT2D eigenvalue weighted by atomic mass is 10.1. The van der Waals surface area contributed by atoms with E-state index in [9.17, 15) is 9.18 Å². The summed E-state index contributed by atoms with van der Waals surface area (Å²) in [5.74, 6) is -0.864. The van der Waals surface area contributed by atoms with Crippen molar-refractivity contribution in [3.8, 4) is 0 Å². The Balaban J connectivity index is 1.99. The standard InChI is InChI=1S/C15H15FN2O/c16-12-8-4-5-9-14(12)18-15(19)13(17)10-11-6-2-1-3-7-11/h1-9,13H,10,17H2,(H,18,19). The summed E-state index contributed by atoms with van der Waals surface area (Å²) in [5, 5.41) is 2.49. The first-order valence-corrected chi connectivity index (χ1v) is 6.01. The molecule has 0 heterocycles. The Morgan fingerprint density at radius 2 is 1.74 bits per heavy atom. The number of nitrogens with one attached hydrogen (secondary N) is 1. The van der Waals surface area contributed by atoms with E-state index in [-0.39, 0.29) is 5.69 Å². The van der Waals surface area contributed by atoms with Crippen molar-refractivity contribution in [2.75, 3.05) is 5.32 Å². The maximum absolute atomic E-state index is 13.4. The zero-order valence-corrected chi connectivity index (χ0v) is 10.3. The zero-order valence-electron chi connectivity index (χ0n) is 10.3. The minimum absolute atomic E-state index is 0.149. The number of hydrogen-bond donors (Lipinski definition) is 2. The summed E-state index contributed by atoms with van der Waals surface area (Å²) in [7, 11) is 0. The van der Waals surface area contributed by atoms with Gasteiger partial charge in [0.25, 0.3) is 0 Å². The minimum Gasteiger partial charge on any atom is -0.322 e. The summed E-state index contributed by atoms with van der Waals surface area (Å²) in [6, 6.07) is 14.8. The molecule has 0 aromatic heterocycles. The summed E-state index contributed by atoms with van der Waals surface area (Å²) in [6.07, 6.45) is 0.418. The number of anilines is 1. The van der Waals surface area contributed by atoms with Gasteiger partial charge < -0.3 is 11.1 Å². The maximum Gasteiger partial charge on any atom is 0.241 e. The quantitative estimate of drug-likeness (QED) is 0.884. The highest BCUT2D eigenvalue weighted by atomic mass is 19.1. The fraction of sp³-hybridized carbons (Fsp3) is 0.133. The summed E-state index contributed by atoms with van der Waals surface area (Å²) in [6.45, 7) is 0. The first-order chi connectivity index (χ1) is 9.16. The van der Waals surface area contributed by atoms with Crippen molar-refractivity contribution in [3.05, 3.63) is 66.0 Å². The van der Waals surface area contributed by atoms with Crippen molar-refractivity contribution in [1.29, 1.82) is 0 Å². The van der Waals surface area contributed by atoms with Crippen molar-refractivity contribution in [2.45, 2.75) is 12.5 Å². The average molecular weight is 258 g/mol. The van der Waals surface area contributed by atoms with E-state index in [0.29, 0.717) is 6.42 Å². The molecular weight excluding hydrogens is 243 g/mol. The molecule has 2 rings (SSSR count). The van der Waals surface area contributed by atoms with E-state index < -0.39 is 17.8 Å². The van der Waals surface area contributed by atoms with Crippen molar-refractivity contribution in [2.24, 2.45) is 5.73 Å². The molecule has 3 nitrogen and oxygen atoms in total. The van der Waals surface area contributed by atoms with Gasteiger partial charge >= 0.3 is 0 Å². The number of rotatable bonds is 4. The number of benzene rings is 2. The van der Waals surface area contributed by atoms with Crippen molar-refractivity contribution in [1.82, 2.24) is 0 Å². The lowest BCUT2D eigenvalue weighted by Gasteiger charge is -2.12. The van der Waals surface area contributed by atoms with Crippen LogP contribution in [-0.4, -0.2) is 11.9 Å². The molecule has 0 saturated carbocycles. The second-order valence-corrected chi connectivity index (χ2v) is 4.27.